The summed E-state index contributed by atoms with van der Waals surface area (Å²) in [5, 5.41) is 5.98. The molecule has 0 saturated heterocycles. The molecule has 0 unspecified atom stereocenters. The van der Waals surface area contributed by atoms with Gasteiger partial charge < -0.3 is 4.42 Å². The summed E-state index contributed by atoms with van der Waals surface area (Å²) in [5.74, 6) is 0.792. The third-order valence-corrected chi connectivity index (χ3v) is 10.1. The Kier molecular flexibility index (Phi) is 7.91. The van der Waals surface area contributed by atoms with Crippen molar-refractivity contribution in [1.29, 1.82) is 0 Å². The molecule has 0 radical (unpaired) electrons. The topological polar surface area (TPSA) is 26.0 Å². The van der Waals surface area contributed by atoms with E-state index < -0.39 is 0 Å². The second-order valence-corrected chi connectivity index (χ2v) is 13.1. The zero-order valence-corrected chi connectivity index (χ0v) is 28.9. The first kappa shape index (κ1) is 31.2. The number of allylic oxidation sites excluding steroid dienone is 1. The summed E-state index contributed by atoms with van der Waals surface area (Å²) in [6, 6.07) is 56.4. The molecule has 52 heavy (non-hydrogen) atoms. The van der Waals surface area contributed by atoms with Crippen LogP contribution in [0.3, 0.4) is 0 Å². The van der Waals surface area contributed by atoms with Crippen LogP contribution in [-0.4, -0.2) is 4.98 Å². The van der Waals surface area contributed by atoms with Crippen molar-refractivity contribution in [3.63, 3.8) is 0 Å². The Morgan fingerprint density at radius 2 is 0.981 bits per heavy atom. The van der Waals surface area contributed by atoms with Gasteiger partial charge in [0.05, 0.1) is 5.69 Å². The summed E-state index contributed by atoms with van der Waals surface area (Å²) in [5.41, 5.74) is 13.4. The van der Waals surface area contributed by atoms with E-state index in [2.05, 4.69) is 164 Å². The lowest BCUT2D eigenvalue weighted by Crippen LogP contribution is -1.92. The van der Waals surface area contributed by atoms with Crippen LogP contribution in [0, 0.1) is 0 Å². The fourth-order valence-electron chi connectivity index (χ4n) is 7.56. The fraction of sp³-hybridized carbons (Fsp3) is 0.0200. The minimum atomic E-state index is 0.792. The summed E-state index contributed by atoms with van der Waals surface area (Å²) in [6.45, 7) is 5.95. The third kappa shape index (κ3) is 5.42. The molecule has 9 rings (SSSR count). The van der Waals surface area contributed by atoms with Crippen molar-refractivity contribution in [3.8, 4) is 55.8 Å². The maximum Gasteiger partial charge on any atom is 0.135 e. The number of hydrogen-bond acceptors (Lipinski definition) is 2. The Labute approximate surface area is 303 Å². The molecular weight excluding hydrogens is 631 g/mol. The predicted molar refractivity (Wildman–Crippen MR) is 221 cm³/mol. The molecule has 9 aromatic rings. The molecule has 0 fully saturated rings. The Hall–Kier alpha value is -6.77. The molecule has 2 heteroatoms. The second-order valence-electron chi connectivity index (χ2n) is 13.1. The minimum Gasteiger partial charge on any atom is -0.456 e. The van der Waals surface area contributed by atoms with Gasteiger partial charge in [0.1, 0.15) is 11.3 Å². The highest BCUT2D eigenvalue weighted by molar-refractivity contribution is 6.21. The van der Waals surface area contributed by atoms with Gasteiger partial charge in [0.15, 0.2) is 0 Å². The highest BCUT2D eigenvalue weighted by atomic mass is 16.3. The van der Waals surface area contributed by atoms with Crippen molar-refractivity contribution in [2.24, 2.45) is 0 Å². The van der Waals surface area contributed by atoms with E-state index >= 15 is 0 Å². The Morgan fingerprint density at radius 3 is 1.56 bits per heavy atom. The molecule has 2 heterocycles. The minimum absolute atomic E-state index is 0.792. The summed E-state index contributed by atoms with van der Waals surface area (Å²) in [6.07, 6.45) is 7.91. The smallest absolute Gasteiger partial charge is 0.135 e. The molecule has 0 aliphatic carbocycles. The number of pyridine rings is 1. The van der Waals surface area contributed by atoms with Crippen LogP contribution in [0.1, 0.15) is 18.2 Å². The van der Waals surface area contributed by atoms with E-state index in [1.54, 1.807) is 6.08 Å². The van der Waals surface area contributed by atoms with Crippen molar-refractivity contribution in [3.05, 3.63) is 188 Å². The number of aromatic nitrogens is 1. The van der Waals surface area contributed by atoms with Crippen LogP contribution in [0.15, 0.2) is 181 Å². The first-order valence-corrected chi connectivity index (χ1v) is 17.7. The zero-order chi connectivity index (χ0) is 35.0. The standard InChI is InChI=1S/C50H35NO/c1-3-12-40-45-31-38(28-30-48(45)52-47(40)4-2)35-19-23-36(24-20-35)46-29-27-39(32-51-46)50-43-17-10-8-15-41(43)49(42-16-9-11-18-44(42)50)37-25-21-34(22-26-37)33-13-6-5-7-14-33/h3-32H,2H2,1H3/b12-3-. The number of furan rings is 1. The molecular formula is C50H35NO. The van der Waals surface area contributed by atoms with Gasteiger partial charge in [0.25, 0.3) is 0 Å². The Bertz CT molecular complexity index is 2710. The molecule has 7 aromatic carbocycles. The zero-order valence-electron chi connectivity index (χ0n) is 28.9. The van der Waals surface area contributed by atoms with Gasteiger partial charge in [-0.15, -0.1) is 0 Å². The van der Waals surface area contributed by atoms with Crippen molar-refractivity contribution in [1.82, 2.24) is 4.98 Å². The van der Waals surface area contributed by atoms with Crippen molar-refractivity contribution in [2.75, 3.05) is 0 Å². The van der Waals surface area contributed by atoms with E-state index in [4.69, 9.17) is 9.40 Å². The molecule has 0 spiro atoms. The highest BCUT2D eigenvalue weighted by Crippen LogP contribution is 2.44. The van der Waals surface area contributed by atoms with Crippen LogP contribution in [-0.2, 0) is 0 Å². The lowest BCUT2D eigenvalue weighted by Gasteiger charge is -2.18. The average molecular weight is 666 g/mol. The summed E-state index contributed by atoms with van der Waals surface area (Å²) in [7, 11) is 0. The average Bonchev–Trinajstić information content (AvgIpc) is 3.57. The summed E-state index contributed by atoms with van der Waals surface area (Å²) >= 11 is 0. The first-order valence-electron chi connectivity index (χ1n) is 17.7. The van der Waals surface area contributed by atoms with Crippen LogP contribution in [0.5, 0.6) is 0 Å². The van der Waals surface area contributed by atoms with Crippen LogP contribution < -0.4 is 0 Å². The molecule has 0 aliphatic heterocycles. The molecule has 0 N–H and O–H groups in total. The quantitative estimate of drug-likeness (QED) is 0.158. The van der Waals surface area contributed by atoms with Gasteiger partial charge in [-0.2, -0.15) is 0 Å². The van der Waals surface area contributed by atoms with Crippen molar-refractivity contribution < 1.29 is 4.42 Å². The van der Waals surface area contributed by atoms with E-state index in [1.165, 1.54) is 49.4 Å². The number of hydrogen-bond donors (Lipinski definition) is 0. The lowest BCUT2D eigenvalue weighted by molar-refractivity contribution is 0.603. The van der Waals surface area contributed by atoms with Crippen LogP contribution in [0.25, 0.3) is 100 Å². The summed E-state index contributed by atoms with van der Waals surface area (Å²) < 4.78 is 6.02. The first-order chi connectivity index (χ1) is 25.7. The fourth-order valence-corrected chi connectivity index (χ4v) is 7.56. The van der Waals surface area contributed by atoms with Gasteiger partial charge in [0.2, 0.25) is 0 Å². The molecule has 2 aromatic heterocycles. The maximum atomic E-state index is 6.02. The van der Waals surface area contributed by atoms with Gasteiger partial charge in [0, 0.05) is 28.3 Å². The molecule has 2 nitrogen and oxygen atoms in total. The van der Waals surface area contributed by atoms with E-state index in [1.807, 2.05) is 25.3 Å². The van der Waals surface area contributed by atoms with Gasteiger partial charge >= 0.3 is 0 Å². The van der Waals surface area contributed by atoms with E-state index in [0.717, 1.165) is 50.2 Å². The van der Waals surface area contributed by atoms with E-state index in [9.17, 15) is 0 Å². The number of nitrogens with zero attached hydrogens (tertiary/aromatic N) is 1. The molecule has 0 bridgehead atoms. The van der Waals surface area contributed by atoms with Crippen LogP contribution >= 0.6 is 0 Å². The number of benzene rings is 7. The highest BCUT2D eigenvalue weighted by Gasteiger charge is 2.17. The SMILES string of the molecule is C=Cc1oc2ccc(-c3ccc(-c4ccc(-c5c6ccccc6c(-c6ccc(-c7ccccc7)cc6)c6ccccc56)cn4)cc3)cc2c1/C=C\C. The van der Waals surface area contributed by atoms with Gasteiger partial charge in [-0.05, 0) is 91.7 Å². The van der Waals surface area contributed by atoms with Crippen molar-refractivity contribution in [2.45, 2.75) is 6.92 Å². The van der Waals surface area contributed by atoms with E-state index in [0.29, 0.717) is 0 Å². The third-order valence-electron chi connectivity index (χ3n) is 10.1. The van der Waals surface area contributed by atoms with Gasteiger partial charge in [-0.25, -0.2) is 0 Å². The van der Waals surface area contributed by atoms with Crippen molar-refractivity contribution >= 4 is 44.7 Å². The maximum absolute atomic E-state index is 6.02. The molecule has 0 amide bonds. The van der Waals surface area contributed by atoms with Crippen LogP contribution in [0.4, 0.5) is 0 Å². The molecule has 246 valence electrons. The van der Waals surface area contributed by atoms with E-state index in [-0.39, 0.29) is 0 Å². The Morgan fingerprint density at radius 1 is 0.481 bits per heavy atom. The Balaban J connectivity index is 1.07. The lowest BCUT2D eigenvalue weighted by atomic mass is 9.86. The van der Waals surface area contributed by atoms with Gasteiger partial charge in [-0.1, -0.05) is 158 Å². The normalized spacial score (nSPS) is 11.6. The van der Waals surface area contributed by atoms with Crippen LogP contribution in [0.2, 0.25) is 0 Å². The molecule has 0 aliphatic rings. The predicted octanol–water partition coefficient (Wildman–Crippen LogP) is 14.1. The number of fused-ring (bicyclic) bond motifs is 3. The molecule has 0 atom stereocenters. The largest absolute Gasteiger partial charge is 0.456 e. The monoisotopic (exact) mass is 665 g/mol. The molecule has 0 saturated carbocycles. The second kappa shape index (κ2) is 13.2. The van der Waals surface area contributed by atoms with Gasteiger partial charge in [-0.3, -0.25) is 4.98 Å². The summed E-state index contributed by atoms with van der Waals surface area (Å²) in [4.78, 5) is 5.02. The number of rotatable bonds is 7.